The van der Waals surface area contributed by atoms with Crippen molar-refractivity contribution in [1.82, 2.24) is 4.98 Å². The van der Waals surface area contributed by atoms with Crippen LogP contribution in [-0.2, 0) is 0 Å². The second-order valence-corrected chi connectivity index (χ2v) is 3.43. The summed E-state index contributed by atoms with van der Waals surface area (Å²) in [5, 5.41) is 8.64. The van der Waals surface area contributed by atoms with Gasteiger partial charge in [0.1, 0.15) is 9.39 Å². The van der Waals surface area contributed by atoms with Gasteiger partial charge in [-0.3, -0.25) is 0 Å². The summed E-state index contributed by atoms with van der Waals surface area (Å²) in [5.41, 5.74) is 4.33. The molecule has 0 aromatic carbocycles. The highest BCUT2D eigenvalue weighted by molar-refractivity contribution is 14.1. The van der Waals surface area contributed by atoms with Gasteiger partial charge in [0.15, 0.2) is 0 Å². The van der Waals surface area contributed by atoms with E-state index in [2.05, 4.69) is 4.98 Å². The molecule has 1 aromatic heterocycles. The maximum atomic E-state index is 12.2. The van der Waals surface area contributed by atoms with Gasteiger partial charge in [0.2, 0.25) is 0 Å². The topological polar surface area (TPSA) is 76.2 Å². The van der Waals surface area contributed by atoms with Gasteiger partial charge in [-0.15, -0.1) is 0 Å². The van der Waals surface area contributed by atoms with Crippen LogP contribution in [0, 0.1) is 3.70 Å². The SMILES string of the molecule is Nc1c(C(=O)O)cc(C(F)F)nc1I. The van der Waals surface area contributed by atoms with Gasteiger partial charge in [-0.05, 0) is 28.7 Å². The number of rotatable bonds is 2. The van der Waals surface area contributed by atoms with Crippen LogP contribution in [0.3, 0.4) is 0 Å². The molecule has 0 aliphatic carbocycles. The molecule has 14 heavy (non-hydrogen) atoms. The highest BCUT2D eigenvalue weighted by Gasteiger charge is 2.18. The summed E-state index contributed by atoms with van der Waals surface area (Å²) in [5.74, 6) is -1.34. The van der Waals surface area contributed by atoms with Crippen molar-refractivity contribution < 1.29 is 18.7 Å². The van der Waals surface area contributed by atoms with Crippen molar-refractivity contribution in [2.24, 2.45) is 0 Å². The predicted octanol–water partition coefficient (Wildman–Crippen LogP) is 1.90. The average Bonchev–Trinajstić information content (AvgIpc) is 2.08. The first-order chi connectivity index (χ1) is 6.43. The molecule has 0 aliphatic heterocycles. The number of carboxylic acid groups (broad SMARTS) is 1. The van der Waals surface area contributed by atoms with Crippen molar-refractivity contribution >= 4 is 34.2 Å². The molecule has 0 fully saturated rings. The molecule has 3 N–H and O–H groups in total. The van der Waals surface area contributed by atoms with Gasteiger partial charge >= 0.3 is 5.97 Å². The van der Waals surface area contributed by atoms with E-state index in [0.29, 0.717) is 0 Å². The molecular formula is C7H5F2IN2O2. The van der Waals surface area contributed by atoms with Crippen molar-refractivity contribution in [1.29, 1.82) is 0 Å². The van der Waals surface area contributed by atoms with Gasteiger partial charge in [0, 0.05) is 0 Å². The van der Waals surface area contributed by atoms with Crippen molar-refractivity contribution in [3.63, 3.8) is 0 Å². The molecule has 7 heteroatoms. The number of aromatic nitrogens is 1. The lowest BCUT2D eigenvalue weighted by Crippen LogP contribution is -2.08. The summed E-state index contributed by atoms with van der Waals surface area (Å²) in [7, 11) is 0. The van der Waals surface area contributed by atoms with Crippen LogP contribution < -0.4 is 5.73 Å². The highest BCUT2D eigenvalue weighted by atomic mass is 127. The molecule has 0 bridgehead atoms. The fraction of sp³-hybridized carbons (Fsp3) is 0.143. The molecule has 0 amide bonds. The van der Waals surface area contributed by atoms with Gasteiger partial charge in [-0.1, -0.05) is 0 Å². The summed E-state index contributed by atoms with van der Waals surface area (Å²) in [4.78, 5) is 14.1. The molecular weight excluding hydrogens is 309 g/mol. The molecule has 1 aromatic rings. The lowest BCUT2D eigenvalue weighted by molar-refractivity contribution is 0.0697. The third-order valence-electron chi connectivity index (χ3n) is 1.49. The monoisotopic (exact) mass is 314 g/mol. The van der Waals surface area contributed by atoms with E-state index < -0.39 is 18.1 Å². The van der Waals surface area contributed by atoms with Gasteiger partial charge in [0.05, 0.1) is 11.3 Å². The molecule has 0 saturated heterocycles. The minimum Gasteiger partial charge on any atom is -0.478 e. The Hall–Kier alpha value is -0.990. The first-order valence-electron chi connectivity index (χ1n) is 3.41. The Balaban J connectivity index is 3.35. The van der Waals surface area contributed by atoms with Crippen molar-refractivity contribution in [2.45, 2.75) is 6.43 Å². The maximum absolute atomic E-state index is 12.2. The number of nitrogens with zero attached hydrogens (tertiary/aromatic N) is 1. The van der Waals surface area contributed by atoms with E-state index in [1.165, 1.54) is 0 Å². The standard InChI is InChI=1S/C7H5F2IN2O2/c8-5(9)3-1-2(7(13)14)4(11)6(10)12-3/h1,5H,11H2,(H,13,14). The maximum Gasteiger partial charge on any atom is 0.337 e. The molecule has 0 saturated carbocycles. The Morgan fingerprint density at radius 2 is 2.21 bits per heavy atom. The van der Waals surface area contributed by atoms with Gasteiger partial charge in [-0.25, -0.2) is 18.6 Å². The number of alkyl halides is 2. The average molecular weight is 314 g/mol. The zero-order chi connectivity index (χ0) is 10.9. The van der Waals surface area contributed by atoms with E-state index in [4.69, 9.17) is 10.8 Å². The molecule has 0 atom stereocenters. The second kappa shape index (κ2) is 4.03. The van der Waals surface area contributed by atoms with E-state index in [-0.39, 0.29) is 15.0 Å². The normalized spacial score (nSPS) is 10.6. The number of carbonyl (C=O) groups is 1. The summed E-state index contributed by atoms with van der Waals surface area (Å²) in [6.45, 7) is 0. The van der Waals surface area contributed by atoms with Crippen LogP contribution in [0.15, 0.2) is 6.07 Å². The van der Waals surface area contributed by atoms with Gasteiger partial charge < -0.3 is 10.8 Å². The number of pyridine rings is 1. The summed E-state index contributed by atoms with van der Waals surface area (Å²) >= 11 is 1.61. The molecule has 1 heterocycles. The number of nitrogen functional groups attached to an aromatic ring is 1. The van der Waals surface area contributed by atoms with E-state index in [0.717, 1.165) is 6.07 Å². The van der Waals surface area contributed by atoms with Crippen molar-refractivity contribution in [3.05, 3.63) is 21.0 Å². The molecule has 0 spiro atoms. The minimum atomic E-state index is -2.80. The van der Waals surface area contributed by atoms with Crippen molar-refractivity contribution in [2.75, 3.05) is 5.73 Å². The van der Waals surface area contributed by atoms with E-state index in [1.54, 1.807) is 22.6 Å². The Kier molecular flexibility index (Phi) is 3.19. The third kappa shape index (κ3) is 2.08. The molecule has 4 nitrogen and oxygen atoms in total. The number of nitrogens with two attached hydrogens (primary N) is 1. The zero-order valence-electron chi connectivity index (χ0n) is 6.67. The Labute approximate surface area is 91.3 Å². The van der Waals surface area contributed by atoms with Crippen LogP contribution in [0.1, 0.15) is 22.5 Å². The van der Waals surface area contributed by atoms with Crippen LogP contribution in [0.25, 0.3) is 0 Å². The number of halogens is 3. The van der Waals surface area contributed by atoms with E-state index >= 15 is 0 Å². The quantitative estimate of drug-likeness (QED) is 0.646. The molecule has 0 unspecified atom stereocenters. The lowest BCUT2D eigenvalue weighted by Gasteiger charge is -2.05. The number of hydrogen-bond acceptors (Lipinski definition) is 3. The lowest BCUT2D eigenvalue weighted by atomic mass is 10.2. The summed E-state index contributed by atoms with van der Waals surface area (Å²) in [6.07, 6.45) is -2.80. The Morgan fingerprint density at radius 3 is 2.64 bits per heavy atom. The number of hydrogen-bond donors (Lipinski definition) is 2. The first-order valence-corrected chi connectivity index (χ1v) is 4.48. The fourth-order valence-electron chi connectivity index (χ4n) is 0.831. The number of carboxylic acids is 1. The van der Waals surface area contributed by atoms with Gasteiger partial charge in [-0.2, -0.15) is 0 Å². The minimum absolute atomic E-state index is 0.0674. The Morgan fingerprint density at radius 1 is 1.64 bits per heavy atom. The van der Waals surface area contributed by atoms with E-state index in [1.807, 2.05) is 0 Å². The highest BCUT2D eigenvalue weighted by Crippen LogP contribution is 2.24. The third-order valence-corrected chi connectivity index (χ3v) is 2.31. The molecule has 0 aliphatic rings. The Bertz CT molecular complexity index is 384. The fourth-order valence-corrected chi connectivity index (χ4v) is 1.40. The van der Waals surface area contributed by atoms with Gasteiger partial charge in [0.25, 0.3) is 6.43 Å². The number of anilines is 1. The summed E-state index contributed by atoms with van der Waals surface area (Å²) < 4.78 is 24.5. The number of aromatic carboxylic acids is 1. The summed E-state index contributed by atoms with van der Waals surface area (Å²) in [6, 6.07) is 0.782. The van der Waals surface area contributed by atoms with Crippen molar-refractivity contribution in [3.8, 4) is 0 Å². The predicted molar refractivity (Wildman–Crippen MR) is 53.3 cm³/mol. The van der Waals surface area contributed by atoms with Crippen LogP contribution >= 0.6 is 22.6 Å². The van der Waals surface area contributed by atoms with Crippen LogP contribution in [0.2, 0.25) is 0 Å². The molecule has 1 rings (SSSR count). The second-order valence-electron chi connectivity index (χ2n) is 2.41. The largest absolute Gasteiger partial charge is 0.478 e. The van der Waals surface area contributed by atoms with Crippen LogP contribution in [0.5, 0.6) is 0 Å². The zero-order valence-corrected chi connectivity index (χ0v) is 8.83. The molecule has 0 radical (unpaired) electrons. The smallest absolute Gasteiger partial charge is 0.337 e. The first kappa shape index (κ1) is 11.1. The van der Waals surface area contributed by atoms with E-state index in [9.17, 15) is 13.6 Å². The van der Waals surface area contributed by atoms with Crippen LogP contribution in [0.4, 0.5) is 14.5 Å². The van der Waals surface area contributed by atoms with Crippen LogP contribution in [-0.4, -0.2) is 16.1 Å². The molecule has 76 valence electrons.